The number of esters is 1. The highest BCUT2D eigenvalue weighted by molar-refractivity contribution is 5.92. The maximum absolute atomic E-state index is 12.5. The summed E-state index contributed by atoms with van der Waals surface area (Å²) >= 11 is 0. The molecule has 4 heterocycles. The zero-order valence-electron chi connectivity index (χ0n) is 13.9. The van der Waals surface area contributed by atoms with Crippen molar-refractivity contribution < 1.29 is 9.53 Å². The van der Waals surface area contributed by atoms with E-state index in [2.05, 4.69) is 21.9 Å². The highest BCUT2D eigenvalue weighted by Gasteiger charge is 2.40. The number of hydrogen-bond acceptors (Lipinski definition) is 5. The van der Waals surface area contributed by atoms with E-state index in [0.29, 0.717) is 23.1 Å². The summed E-state index contributed by atoms with van der Waals surface area (Å²) in [5, 5.41) is 0.415. The molecule has 126 valence electrons. The smallest absolute Gasteiger partial charge is 0.343 e. The van der Waals surface area contributed by atoms with E-state index < -0.39 is 5.97 Å². The molecule has 0 aliphatic carbocycles. The van der Waals surface area contributed by atoms with Gasteiger partial charge in [-0.15, -0.1) is 0 Å². The molecule has 2 saturated heterocycles. The molecule has 2 aromatic heterocycles. The minimum atomic E-state index is -0.535. The summed E-state index contributed by atoms with van der Waals surface area (Å²) in [6.07, 6.45) is 5.35. The van der Waals surface area contributed by atoms with E-state index in [1.807, 2.05) is 6.92 Å². The summed E-state index contributed by atoms with van der Waals surface area (Å²) in [6.45, 7) is 1.86. The van der Waals surface area contributed by atoms with Gasteiger partial charge in [0.05, 0.1) is 5.39 Å². The number of aromatic amines is 1. The van der Waals surface area contributed by atoms with Gasteiger partial charge in [0.15, 0.2) is 0 Å². The third-order valence-electron chi connectivity index (χ3n) is 5.43. The maximum atomic E-state index is 12.5. The molecule has 6 heteroatoms. The topological polar surface area (TPSA) is 75.3 Å². The highest BCUT2D eigenvalue weighted by atomic mass is 16.5. The van der Waals surface area contributed by atoms with Gasteiger partial charge < -0.3 is 14.6 Å². The molecular weight excluding hydrogens is 306 g/mol. The van der Waals surface area contributed by atoms with E-state index in [1.165, 1.54) is 6.20 Å². The number of fused-ring (bicyclic) bond motifs is 3. The number of H-pyrrole nitrogens is 1. The Bertz CT molecular complexity index is 846. The average molecular weight is 327 g/mol. The van der Waals surface area contributed by atoms with E-state index in [0.717, 1.165) is 31.4 Å². The van der Waals surface area contributed by atoms with Crippen LogP contribution in [0.25, 0.3) is 11.0 Å². The van der Waals surface area contributed by atoms with Gasteiger partial charge in [-0.3, -0.25) is 4.79 Å². The molecule has 0 amide bonds. The fourth-order valence-electron chi connectivity index (χ4n) is 4.03. The summed E-state index contributed by atoms with van der Waals surface area (Å²) in [4.78, 5) is 34.6. The second-order valence-corrected chi connectivity index (χ2v) is 6.93. The number of carbonyl (C=O) groups excluding carboxylic acids is 1. The minimum absolute atomic E-state index is 0.0550. The first-order chi connectivity index (χ1) is 11.5. The van der Waals surface area contributed by atoms with Crippen molar-refractivity contribution in [1.82, 2.24) is 14.9 Å². The molecule has 4 rings (SSSR count). The number of carbonyl (C=O) groups is 1. The second-order valence-electron chi connectivity index (χ2n) is 6.93. The predicted octanol–water partition coefficient (Wildman–Crippen LogP) is 2.01. The first-order valence-electron chi connectivity index (χ1n) is 8.45. The SMILES string of the molecule is Cc1ccc2c(=O)c(C(=O)OC3C[C@H]4CC[C@@H](C3)N4C)c[nH]c2n1. The molecule has 0 aromatic carbocycles. The second kappa shape index (κ2) is 5.70. The molecule has 2 aromatic rings. The molecule has 1 unspecified atom stereocenters. The Morgan fingerprint density at radius 3 is 2.71 bits per heavy atom. The van der Waals surface area contributed by atoms with Crippen LogP contribution in [0.2, 0.25) is 0 Å². The monoisotopic (exact) mass is 327 g/mol. The van der Waals surface area contributed by atoms with Gasteiger partial charge in [-0.25, -0.2) is 9.78 Å². The summed E-state index contributed by atoms with van der Waals surface area (Å²) < 4.78 is 5.65. The van der Waals surface area contributed by atoms with Gasteiger partial charge in [0, 0.05) is 36.8 Å². The highest BCUT2D eigenvalue weighted by Crippen LogP contribution is 2.35. The van der Waals surface area contributed by atoms with Crippen LogP contribution in [0.4, 0.5) is 0 Å². The van der Waals surface area contributed by atoms with Crippen LogP contribution in [0.1, 0.15) is 41.7 Å². The summed E-state index contributed by atoms with van der Waals surface area (Å²) in [7, 11) is 2.14. The van der Waals surface area contributed by atoms with Crippen LogP contribution >= 0.6 is 0 Å². The first-order valence-corrected chi connectivity index (χ1v) is 8.45. The number of piperidine rings is 1. The quantitative estimate of drug-likeness (QED) is 0.854. The van der Waals surface area contributed by atoms with Crippen molar-refractivity contribution in [2.45, 2.75) is 50.8 Å². The lowest BCUT2D eigenvalue weighted by Crippen LogP contribution is -2.43. The van der Waals surface area contributed by atoms with Crippen molar-refractivity contribution in [2.75, 3.05) is 7.05 Å². The minimum Gasteiger partial charge on any atom is -0.459 e. The summed E-state index contributed by atoms with van der Waals surface area (Å²) in [5.41, 5.74) is 1.04. The zero-order chi connectivity index (χ0) is 16.8. The van der Waals surface area contributed by atoms with Crippen molar-refractivity contribution in [3.8, 4) is 0 Å². The van der Waals surface area contributed by atoms with Gasteiger partial charge in [-0.2, -0.15) is 0 Å². The van der Waals surface area contributed by atoms with E-state index >= 15 is 0 Å². The Morgan fingerprint density at radius 2 is 2.00 bits per heavy atom. The lowest BCUT2D eigenvalue weighted by atomic mass is 10.0. The number of rotatable bonds is 2. The molecule has 24 heavy (non-hydrogen) atoms. The molecule has 2 aliphatic heterocycles. The molecule has 0 radical (unpaired) electrons. The number of nitrogens with zero attached hydrogens (tertiary/aromatic N) is 2. The Hall–Kier alpha value is -2.21. The summed E-state index contributed by atoms with van der Waals surface area (Å²) in [5.74, 6) is -0.535. The number of pyridine rings is 2. The molecule has 6 nitrogen and oxygen atoms in total. The van der Waals surface area contributed by atoms with Crippen LogP contribution in [-0.4, -0.2) is 46.1 Å². The zero-order valence-corrected chi connectivity index (χ0v) is 13.9. The Kier molecular flexibility index (Phi) is 3.64. The number of aromatic nitrogens is 2. The Morgan fingerprint density at radius 1 is 1.29 bits per heavy atom. The Labute approximate surface area is 139 Å². The molecule has 1 N–H and O–H groups in total. The first kappa shape index (κ1) is 15.3. The number of ether oxygens (including phenoxy) is 1. The van der Waals surface area contributed by atoms with Gasteiger partial charge in [-0.05, 0) is 38.9 Å². The van der Waals surface area contributed by atoms with Gasteiger partial charge in [-0.1, -0.05) is 0 Å². The van der Waals surface area contributed by atoms with Crippen LogP contribution in [0.3, 0.4) is 0 Å². The van der Waals surface area contributed by atoms with Crippen LogP contribution in [0, 0.1) is 6.92 Å². The number of aryl methyl sites for hydroxylation is 1. The Balaban J connectivity index is 1.57. The van der Waals surface area contributed by atoms with Gasteiger partial charge in [0.1, 0.15) is 17.3 Å². The largest absolute Gasteiger partial charge is 0.459 e. The van der Waals surface area contributed by atoms with Crippen molar-refractivity contribution in [3.05, 3.63) is 39.8 Å². The fraction of sp³-hybridized carbons (Fsp3) is 0.500. The van der Waals surface area contributed by atoms with E-state index in [4.69, 9.17) is 4.74 Å². The normalized spacial score (nSPS) is 26.7. The molecule has 2 bridgehead atoms. The summed E-state index contributed by atoms with van der Waals surface area (Å²) in [6, 6.07) is 4.44. The van der Waals surface area contributed by atoms with Crippen LogP contribution in [0.15, 0.2) is 23.1 Å². The molecule has 0 spiro atoms. The molecule has 2 aliphatic rings. The third-order valence-corrected chi connectivity index (χ3v) is 5.43. The molecule has 3 atom stereocenters. The predicted molar refractivity (Wildman–Crippen MR) is 90.1 cm³/mol. The van der Waals surface area contributed by atoms with E-state index in [9.17, 15) is 9.59 Å². The van der Waals surface area contributed by atoms with Crippen LogP contribution in [-0.2, 0) is 4.74 Å². The molecule has 0 saturated carbocycles. The maximum Gasteiger partial charge on any atom is 0.343 e. The fourth-order valence-corrected chi connectivity index (χ4v) is 4.03. The van der Waals surface area contributed by atoms with Gasteiger partial charge in [0.25, 0.3) is 0 Å². The number of hydrogen-bond donors (Lipinski definition) is 1. The van der Waals surface area contributed by atoms with Crippen molar-refractivity contribution >= 4 is 17.0 Å². The van der Waals surface area contributed by atoms with Crippen LogP contribution in [0.5, 0.6) is 0 Å². The van der Waals surface area contributed by atoms with Gasteiger partial charge in [0.2, 0.25) is 5.43 Å². The number of nitrogens with one attached hydrogen (secondary N) is 1. The lowest BCUT2D eigenvalue weighted by molar-refractivity contribution is -0.000578. The van der Waals surface area contributed by atoms with Crippen LogP contribution < -0.4 is 5.43 Å². The van der Waals surface area contributed by atoms with Crippen molar-refractivity contribution in [1.29, 1.82) is 0 Å². The van der Waals surface area contributed by atoms with Gasteiger partial charge >= 0.3 is 5.97 Å². The lowest BCUT2D eigenvalue weighted by Gasteiger charge is -2.35. The standard InChI is InChI=1S/C18H21N3O3/c1-10-3-6-14-16(22)15(9-19-17(14)20-10)18(23)24-13-7-11-4-5-12(8-13)21(11)2/h3,6,9,11-13H,4-5,7-8H2,1-2H3,(H,19,20,22)/t11-,12+,13?. The third kappa shape index (κ3) is 2.51. The van der Waals surface area contributed by atoms with Crippen molar-refractivity contribution in [3.63, 3.8) is 0 Å². The van der Waals surface area contributed by atoms with E-state index in [1.54, 1.807) is 12.1 Å². The van der Waals surface area contributed by atoms with E-state index in [-0.39, 0.29) is 17.1 Å². The molecular formula is C18H21N3O3. The average Bonchev–Trinajstić information content (AvgIpc) is 2.77. The molecule has 2 fully saturated rings. The van der Waals surface area contributed by atoms with Crippen molar-refractivity contribution in [2.24, 2.45) is 0 Å².